The number of piperazine rings is 1. The fourth-order valence-corrected chi connectivity index (χ4v) is 4.21. The van der Waals surface area contributed by atoms with Gasteiger partial charge in [-0.05, 0) is 43.3 Å². The van der Waals surface area contributed by atoms with Crippen molar-refractivity contribution in [1.82, 2.24) is 9.47 Å². The molecule has 8 heteroatoms. The quantitative estimate of drug-likeness (QED) is 0.538. The highest BCUT2D eigenvalue weighted by molar-refractivity contribution is 5.90. The molecule has 1 aromatic heterocycles. The fourth-order valence-electron chi connectivity index (χ4n) is 4.21. The summed E-state index contributed by atoms with van der Waals surface area (Å²) in [5, 5.41) is 2.92. The van der Waals surface area contributed by atoms with E-state index >= 15 is 0 Å². The Morgan fingerprint density at radius 3 is 2.26 bits per heavy atom. The van der Waals surface area contributed by atoms with Gasteiger partial charge in [0, 0.05) is 55.9 Å². The molecule has 2 aromatic carbocycles. The second-order valence-electron chi connectivity index (χ2n) is 8.70. The van der Waals surface area contributed by atoms with Gasteiger partial charge in [-0.25, -0.2) is 0 Å². The van der Waals surface area contributed by atoms with E-state index in [0.717, 1.165) is 48.9 Å². The van der Waals surface area contributed by atoms with Gasteiger partial charge in [0.2, 0.25) is 11.3 Å². The molecule has 0 saturated carbocycles. The third kappa shape index (κ3) is 6.22. The zero-order valence-electron chi connectivity index (χ0n) is 20.5. The molecule has 184 valence electrons. The van der Waals surface area contributed by atoms with Crippen molar-refractivity contribution in [2.45, 2.75) is 20.0 Å². The predicted molar refractivity (Wildman–Crippen MR) is 138 cm³/mol. The van der Waals surface area contributed by atoms with Crippen molar-refractivity contribution in [2.24, 2.45) is 0 Å². The van der Waals surface area contributed by atoms with Gasteiger partial charge in [0.05, 0.1) is 20.4 Å². The van der Waals surface area contributed by atoms with E-state index in [2.05, 4.69) is 27.2 Å². The van der Waals surface area contributed by atoms with Crippen molar-refractivity contribution in [3.8, 4) is 11.5 Å². The lowest BCUT2D eigenvalue weighted by atomic mass is 10.2. The summed E-state index contributed by atoms with van der Waals surface area (Å²) in [7, 11) is 3.13. The molecule has 35 heavy (non-hydrogen) atoms. The molecule has 1 fully saturated rings. The van der Waals surface area contributed by atoms with E-state index in [9.17, 15) is 9.59 Å². The van der Waals surface area contributed by atoms with E-state index in [-0.39, 0.29) is 23.6 Å². The van der Waals surface area contributed by atoms with Crippen molar-refractivity contribution in [3.05, 3.63) is 82.3 Å². The molecule has 1 saturated heterocycles. The third-order valence-electron chi connectivity index (χ3n) is 6.25. The monoisotopic (exact) mass is 476 g/mol. The molecule has 1 N–H and O–H groups in total. The van der Waals surface area contributed by atoms with E-state index in [4.69, 9.17) is 9.47 Å². The first-order valence-corrected chi connectivity index (χ1v) is 11.7. The Kier molecular flexibility index (Phi) is 7.72. The van der Waals surface area contributed by atoms with Crippen LogP contribution >= 0.6 is 0 Å². The minimum absolute atomic E-state index is 0.0890. The number of pyridine rings is 1. The average Bonchev–Trinajstić information content (AvgIpc) is 2.87. The Morgan fingerprint density at radius 1 is 0.943 bits per heavy atom. The van der Waals surface area contributed by atoms with Crippen LogP contribution in [-0.2, 0) is 17.9 Å². The number of aryl methyl sites for hydroxylation is 1. The number of hydrogen-bond donors (Lipinski definition) is 1. The number of benzene rings is 2. The Bertz CT molecular complexity index is 1200. The van der Waals surface area contributed by atoms with Crippen molar-refractivity contribution < 1.29 is 14.3 Å². The van der Waals surface area contributed by atoms with Gasteiger partial charge in [-0.2, -0.15) is 0 Å². The van der Waals surface area contributed by atoms with Crippen LogP contribution in [0.4, 0.5) is 11.4 Å². The van der Waals surface area contributed by atoms with E-state index in [1.165, 1.54) is 12.8 Å². The van der Waals surface area contributed by atoms with Gasteiger partial charge in [0.1, 0.15) is 12.3 Å². The number of anilines is 2. The number of amides is 1. The normalized spacial score (nSPS) is 14.0. The zero-order valence-corrected chi connectivity index (χ0v) is 20.5. The van der Waals surface area contributed by atoms with Gasteiger partial charge in [0.25, 0.3) is 0 Å². The molecular formula is C27H32N4O4. The van der Waals surface area contributed by atoms with Crippen LogP contribution in [0.3, 0.4) is 0 Å². The van der Waals surface area contributed by atoms with Crippen LogP contribution in [0.25, 0.3) is 0 Å². The molecule has 1 amide bonds. The van der Waals surface area contributed by atoms with Gasteiger partial charge in [-0.15, -0.1) is 0 Å². The van der Waals surface area contributed by atoms with Gasteiger partial charge >= 0.3 is 0 Å². The Labute approximate surface area is 205 Å². The molecular weight excluding hydrogens is 444 g/mol. The number of ether oxygens (including phenoxy) is 2. The first kappa shape index (κ1) is 24.3. The van der Waals surface area contributed by atoms with Gasteiger partial charge in [0.15, 0.2) is 5.75 Å². The van der Waals surface area contributed by atoms with E-state index in [0.29, 0.717) is 6.54 Å². The van der Waals surface area contributed by atoms with Crippen LogP contribution in [0.5, 0.6) is 11.5 Å². The van der Waals surface area contributed by atoms with Crippen molar-refractivity contribution in [1.29, 1.82) is 0 Å². The summed E-state index contributed by atoms with van der Waals surface area (Å²) in [6.45, 7) is 6.12. The first-order valence-electron chi connectivity index (χ1n) is 11.7. The minimum Gasteiger partial charge on any atom is -0.497 e. The summed E-state index contributed by atoms with van der Waals surface area (Å²) in [4.78, 5) is 29.9. The highest BCUT2D eigenvalue weighted by Crippen LogP contribution is 2.21. The maximum atomic E-state index is 12.8. The molecule has 4 rings (SSSR count). The molecule has 0 spiro atoms. The topological polar surface area (TPSA) is 76.0 Å². The van der Waals surface area contributed by atoms with Gasteiger partial charge in [-0.3, -0.25) is 14.5 Å². The van der Waals surface area contributed by atoms with Crippen LogP contribution in [0.1, 0.15) is 11.3 Å². The lowest BCUT2D eigenvalue weighted by molar-refractivity contribution is -0.116. The molecule has 0 unspecified atom stereocenters. The number of hydrogen-bond acceptors (Lipinski definition) is 6. The summed E-state index contributed by atoms with van der Waals surface area (Å²) in [5.41, 5.74) is 3.63. The number of nitrogens with one attached hydrogen (secondary N) is 1. The van der Waals surface area contributed by atoms with Gasteiger partial charge < -0.3 is 24.3 Å². The van der Waals surface area contributed by atoms with Crippen molar-refractivity contribution >= 4 is 17.3 Å². The second-order valence-corrected chi connectivity index (χ2v) is 8.70. The molecule has 0 radical (unpaired) electrons. The largest absolute Gasteiger partial charge is 0.497 e. The van der Waals surface area contributed by atoms with E-state index in [1.54, 1.807) is 23.9 Å². The Balaban J connectivity index is 1.43. The molecule has 2 heterocycles. The lowest BCUT2D eigenvalue weighted by Gasteiger charge is -2.36. The van der Waals surface area contributed by atoms with Crippen LogP contribution in [0, 0.1) is 6.92 Å². The number of nitrogens with zero attached hydrogens (tertiary/aromatic N) is 3. The van der Waals surface area contributed by atoms with E-state index < -0.39 is 0 Å². The molecule has 0 atom stereocenters. The molecule has 1 aliphatic rings. The summed E-state index contributed by atoms with van der Waals surface area (Å²) < 4.78 is 12.3. The Morgan fingerprint density at radius 2 is 1.63 bits per heavy atom. The number of carbonyl (C=O) groups excluding carboxylic acids is 1. The summed E-state index contributed by atoms with van der Waals surface area (Å²) in [6.07, 6.45) is 1.62. The van der Waals surface area contributed by atoms with Crippen molar-refractivity contribution in [3.63, 3.8) is 0 Å². The van der Waals surface area contributed by atoms with Crippen LogP contribution < -0.4 is 25.1 Å². The molecule has 0 bridgehead atoms. The molecule has 0 aliphatic carbocycles. The van der Waals surface area contributed by atoms with Crippen LogP contribution in [0.15, 0.2) is 65.6 Å². The van der Waals surface area contributed by atoms with Gasteiger partial charge in [-0.1, -0.05) is 17.7 Å². The highest BCUT2D eigenvalue weighted by atomic mass is 16.5. The number of rotatable bonds is 8. The minimum atomic E-state index is -0.186. The summed E-state index contributed by atoms with van der Waals surface area (Å²) in [6, 6.07) is 17.3. The average molecular weight is 477 g/mol. The van der Waals surface area contributed by atoms with Crippen molar-refractivity contribution in [2.75, 3.05) is 50.6 Å². The number of methoxy groups -OCH3 is 2. The van der Waals surface area contributed by atoms with Crippen LogP contribution in [0.2, 0.25) is 0 Å². The number of aromatic nitrogens is 1. The zero-order chi connectivity index (χ0) is 24.8. The highest BCUT2D eigenvalue weighted by Gasteiger charge is 2.20. The third-order valence-corrected chi connectivity index (χ3v) is 6.25. The Hall–Kier alpha value is -3.78. The molecule has 8 nitrogen and oxygen atoms in total. The SMILES string of the molecule is COc1ccc(N2CCN(Cc3cc(=O)c(OC)cn3CC(=O)Nc3ccc(C)cc3)CC2)cc1. The fraction of sp³-hybridized carbons (Fsp3) is 0.333. The lowest BCUT2D eigenvalue weighted by Crippen LogP contribution is -2.46. The maximum absolute atomic E-state index is 12.8. The summed E-state index contributed by atoms with van der Waals surface area (Å²) in [5.74, 6) is 0.905. The molecule has 1 aliphatic heterocycles. The van der Waals surface area contributed by atoms with Crippen LogP contribution in [-0.4, -0.2) is 55.8 Å². The predicted octanol–water partition coefficient (Wildman–Crippen LogP) is 3.13. The summed E-state index contributed by atoms with van der Waals surface area (Å²) >= 11 is 0. The first-order chi connectivity index (χ1) is 16.9. The standard InChI is InChI=1S/C27H32N4O4/c1-20-4-6-21(7-5-20)28-27(33)19-31-18-26(35-3)25(32)16-23(31)17-29-12-14-30(15-13-29)22-8-10-24(34-2)11-9-22/h4-11,16,18H,12-15,17,19H2,1-3H3,(H,28,33). The smallest absolute Gasteiger partial charge is 0.244 e. The molecule has 3 aromatic rings. The second kappa shape index (κ2) is 11.1. The maximum Gasteiger partial charge on any atom is 0.244 e. The number of carbonyl (C=O) groups is 1. The van der Waals surface area contributed by atoms with E-state index in [1.807, 2.05) is 43.3 Å².